The summed E-state index contributed by atoms with van der Waals surface area (Å²) in [6, 6.07) is 7.05. The van der Waals surface area contributed by atoms with E-state index in [1.165, 1.54) is 17.4 Å². The molecule has 1 atom stereocenters. The van der Waals surface area contributed by atoms with Crippen LogP contribution in [0.5, 0.6) is 0 Å². The van der Waals surface area contributed by atoms with Crippen molar-refractivity contribution >= 4 is 32.6 Å². The molecule has 1 aromatic carbocycles. The van der Waals surface area contributed by atoms with Crippen molar-refractivity contribution in [3.05, 3.63) is 41.5 Å². The molecule has 1 unspecified atom stereocenters. The van der Waals surface area contributed by atoms with Crippen molar-refractivity contribution in [3.8, 4) is 0 Å². The first-order chi connectivity index (χ1) is 13.5. The molecule has 1 N–H and O–H groups in total. The van der Waals surface area contributed by atoms with Gasteiger partial charge in [-0.15, -0.1) is 0 Å². The summed E-state index contributed by atoms with van der Waals surface area (Å²) in [6.07, 6.45) is 1.79. The fraction of sp³-hybridized carbons (Fsp3) is 0.450. The number of benzene rings is 1. The van der Waals surface area contributed by atoms with E-state index in [4.69, 9.17) is 0 Å². The van der Waals surface area contributed by atoms with Crippen molar-refractivity contribution in [1.29, 1.82) is 0 Å². The number of halogens is 1. The number of nitrogens with one attached hydrogen (secondary N) is 1. The molecular formula is C20H24FN5OS. The van der Waals surface area contributed by atoms with Gasteiger partial charge in [-0.25, -0.2) is 9.37 Å². The van der Waals surface area contributed by atoms with Crippen molar-refractivity contribution in [1.82, 2.24) is 20.1 Å². The number of fused-ring (bicyclic) bond motifs is 1. The smallest absolute Gasteiger partial charge is 0.224 e. The third-order valence-electron chi connectivity index (χ3n) is 5.15. The molecule has 0 spiro atoms. The Labute approximate surface area is 167 Å². The highest BCUT2D eigenvalue weighted by Gasteiger charge is 2.27. The van der Waals surface area contributed by atoms with E-state index in [9.17, 15) is 9.18 Å². The van der Waals surface area contributed by atoms with Crippen LogP contribution in [0.2, 0.25) is 0 Å². The quantitative estimate of drug-likeness (QED) is 0.713. The third-order valence-corrected chi connectivity index (χ3v) is 6.23. The molecule has 3 heterocycles. The molecule has 1 amide bonds. The fourth-order valence-electron chi connectivity index (χ4n) is 3.73. The number of anilines is 1. The Hall–Kier alpha value is -2.48. The number of piperidine rings is 1. The molecule has 4 rings (SSSR count). The minimum Gasteiger partial charge on any atom is -0.354 e. The third kappa shape index (κ3) is 3.87. The van der Waals surface area contributed by atoms with Crippen LogP contribution in [0.3, 0.4) is 0 Å². The fourth-order valence-corrected chi connectivity index (χ4v) is 4.75. The van der Waals surface area contributed by atoms with Crippen LogP contribution in [0.25, 0.3) is 10.2 Å². The van der Waals surface area contributed by atoms with Crippen LogP contribution >= 0.6 is 11.3 Å². The number of thiazole rings is 1. The summed E-state index contributed by atoms with van der Waals surface area (Å²) >= 11 is 1.48. The summed E-state index contributed by atoms with van der Waals surface area (Å²) in [7, 11) is 0. The first-order valence-electron chi connectivity index (χ1n) is 9.60. The molecule has 8 heteroatoms. The van der Waals surface area contributed by atoms with Gasteiger partial charge >= 0.3 is 0 Å². The van der Waals surface area contributed by atoms with Crippen LogP contribution in [-0.4, -0.2) is 40.3 Å². The maximum atomic E-state index is 13.9. The number of hydrogen-bond acceptors (Lipinski definition) is 5. The molecular weight excluding hydrogens is 377 g/mol. The predicted molar refractivity (Wildman–Crippen MR) is 109 cm³/mol. The van der Waals surface area contributed by atoms with Gasteiger partial charge in [-0.3, -0.25) is 9.48 Å². The predicted octanol–water partition coefficient (Wildman–Crippen LogP) is 3.28. The topological polar surface area (TPSA) is 63.1 Å². The van der Waals surface area contributed by atoms with Crippen LogP contribution < -0.4 is 10.2 Å². The molecule has 148 valence electrons. The molecule has 0 aliphatic carbocycles. The van der Waals surface area contributed by atoms with Gasteiger partial charge in [0.15, 0.2) is 5.13 Å². The average Bonchev–Trinajstić information content (AvgIpc) is 3.26. The summed E-state index contributed by atoms with van der Waals surface area (Å²) < 4.78 is 16.7. The summed E-state index contributed by atoms with van der Waals surface area (Å²) in [4.78, 5) is 19.2. The van der Waals surface area contributed by atoms with Crippen molar-refractivity contribution in [3.63, 3.8) is 0 Å². The lowest BCUT2D eigenvalue weighted by atomic mass is 9.97. The Kier molecular flexibility index (Phi) is 5.30. The van der Waals surface area contributed by atoms with Gasteiger partial charge in [0.05, 0.1) is 22.9 Å². The normalized spacial score (nSPS) is 17.2. The molecule has 3 aromatic rings. The number of aromatic nitrogens is 3. The zero-order valence-corrected chi connectivity index (χ0v) is 16.9. The van der Waals surface area contributed by atoms with Crippen molar-refractivity contribution in [2.45, 2.75) is 33.2 Å². The molecule has 2 aromatic heterocycles. The number of hydrogen-bond donors (Lipinski definition) is 1. The second kappa shape index (κ2) is 7.87. The number of carbonyl (C=O) groups is 1. The standard InChI is InChI=1S/C20H24FN5OS/c1-13-11-14(2)26(24-13)10-8-22-19(27)15-5-4-9-25(12-15)20-23-18-16(21)6-3-7-17(18)28-20/h3,6-7,11,15H,4-5,8-10,12H2,1-2H3,(H,22,27). The van der Waals surface area contributed by atoms with Gasteiger partial charge in [-0.1, -0.05) is 17.4 Å². The molecule has 0 radical (unpaired) electrons. The number of amides is 1. The maximum absolute atomic E-state index is 13.9. The molecule has 0 bridgehead atoms. The van der Waals surface area contributed by atoms with Gasteiger partial charge in [-0.05, 0) is 44.9 Å². The second-order valence-corrected chi connectivity index (χ2v) is 8.32. The average molecular weight is 402 g/mol. The van der Waals surface area contributed by atoms with E-state index < -0.39 is 0 Å². The zero-order valence-electron chi connectivity index (χ0n) is 16.1. The van der Waals surface area contributed by atoms with Gasteiger partial charge in [-0.2, -0.15) is 5.10 Å². The Bertz CT molecular complexity index is 998. The summed E-state index contributed by atoms with van der Waals surface area (Å²) in [5.74, 6) is -0.306. The Morgan fingerprint density at radius 1 is 1.39 bits per heavy atom. The van der Waals surface area contributed by atoms with Crippen molar-refractivity contribution in [2.75, 3.05) is 24.5 Å². The first-order valence-corrected chi connectivity index (χ1v) is 10.4. The molecule has 28 heavy (non-hydrogen) atoms. The minimum atomic E-state index is -0.296. The van der Waals surface area contributed by atoms with Crippen LogP contribution in [-0.2, 0) is 11.3 Å². The van der Waals surface area contributed by atoms with E-state index in [0.717, 1.165) is 40.6 Å². The molecule has 1 aliphatic heterocycles. The van der Waals surface area contributed by atoms with Crippen LogP contribution in [0, 0.1) is 25.6 Å². The van der Waals surface area contributed by atoms with Crippen LogP contribution in [0.1, 0.15) is 24.2 Å². The largest absolute Gasteiger partial charge is 0.354 e. The SMILES string of the molecule is Cc1cc(C)n(CCNC(=O)C2CCCN(c3nc4c(F)cccc4s3)C2)n1. The van der Waals surface area contributed by atoms with E-state index >= 15 is 0 Å². The van der Waals surface area contributed by atoms with E-state index in [1.807, 2.05) is 30.7 Å². The number of para-hydroxylation sites is 1. The van der Waals surface area contributed by atoms with E-state index in [1.54, 1.807) is 6.07 Å². The zero-order chi connectivity index (χ0) is 19.7. The van der Waals surface area contributed by atoms with Crippen molar-refractivity contribution < 1.29 is 9.18 Å². The van der Waals surface area contributed by atoms with Gasteiger partial charge in [0, 0.05) is 25.3 Å². The molecule has 0 saturated carbocycles. The highest BCUT2D eigenvalue weighted by molar-refractivity contribution is 7.22. The van der Waals surface area contributed by atoms with Crippen LogP contribution in [0.4, 0.5) is 9.52 Å². The molecule has 1 saturated heterocycles. The van der Waals surface area contributed by atoms with Crippen LogP contribution in [0.15, 0.2) is 24.3 Å². The lowest BCUT2D eigenvalue weighted by Crippen LogP contribution is -2.43. The lowest BCUT2D eigenvalue weighted by Gasteiger charge is -2.31. The first kappa shape index (κ1) is 18.9. The van der Waals surface area contributed by atoms with E-state index in [2.05, 4.69) is 20.3 Å². The highest BCUT2D eigenvalue weighted by atomic mass is 32.1. The molecule has 1 fully saturated rings. The van der Waals surface area contributed by atoms with E-state index in [-0.39, 0.29) is 17.6 Å². The van der Waals surface area contributed by atoms with Gasteiger partial charge < -0.3 is 10.2 Å². The summed E-state index contributed by atoms with van der Waals surface area (Å²) in [5, 5.41) is 8.25. The number of rotatable bonds is 5. The minimum absolute atomic E-state index is 0.0681. The maximum Gasteiger partial charge on any atom is 0.224 e. The van der Waals surface area contributed by atoms with E-state index in [0.29, 0.717) is 25.2 Å². The Morgan fingerprint density at radius 3 is 3.00 bits per heavy atom. The van der Waals surface area contributed by atoms with Gasteiger partial charge in [0.2, 0.25) is 5.91 Å². The molecule has 1 aliphatic rings. The highest BCUT2D eigenvalue weighted by Crippen LogP contribution is 2.32. The monoisotopic (exact) mass is 401 g/mol. The molecule has 6 nitrogen and oxygen atoms in total. The number of carbonyl (C=O) groups excluding carboxylic acids is 1. The summed E-state index contributed by atoms with van der Waals surface area (Å²) in [6.45, 7) is 6.67. The van der Waals surface area contributed by atoms with Gasteiger partial charge in [0.1, 0.15) is 11.3 Å². The van der Waals surface area contributed by atoms with Crippen molar-refractivity contribution in [2.24, 2.45) is 5.92 Å². The number of nitrogens with zero attached hydrogens (tertiary/aromatic N) is 4. The Balaban J connectivity index is 1.36. The lowest BCUT2D eigenvalue weighted by molar-refractivity contribution is -0.125. The summed E-state index contributed by atoms with van der Waals surface area (Å²) in [5.41, 5.74) is 2.50. The number of aryl methyl sites for hydroxylation is 2. The van der Waals surface area contributed by atoms with Gasteiger partial charge in [0.25, 0.3) is 0 Å². The Morgan fingerprint density at radius 2 is 2.25 bits per heavy atom. The second-order valence-electron chi connectivity index (χ2n) is 7.31.